The first-order valence-corrected chi connectivity index (χ1v) is 8.44. The van der Waals surface area contributed by atoms with Gasteiger partial charge < -0.3 is 5.11 Å². The highest BCUT2D eigenvalue weighted by Gasteiger charge is 2.64. The SMILES string of the molecule is CC(=O)O[N+](C(=O)O)(C(C)(C)C)S(=O)(=O)c1ccccc1Br. The zero-order chi connectivity index (χ0) is 17.3. The second-order valence-corrected chi connectivity index (χ2v) is 8.25. The summed E-state index contributed by atoms with van der Waals surface area (Å²) in [7, 11) is -4.60. The van der Waals surface area contributed by atoms with Gasteiger partial charge in [-0.05, 0) is 48.8 Å². The molecule has 1 aromatic carbocycles. The molecule has 1 atom stereocenters. The van der Waals surface area contributed by atoms with E-state index in [1.165, 1.54) is 39.0 Å². The maximum absolute atomic E-state index is 13.0. The van der Waals surface area contributed by atoms with Gasteiger partial charge in [0.15, 0.2) is 5.54 Å². The van der Waals surface area contributed by atoms with E-state index >= 15 is 0 Å². The summed E-state index contributed by atoms with van der Waals surface area (Å²) in [6.45, 7) is 5.03. The Morgan fingerprint density at radius 1 is 1.23 bits per heavy atom. The molecule has 0 aliphatic rings. The zero-order valence-corrected chi connectivity index (χ0v) is 14.9. The van der Waals surface area contributed by atoms with E-state index in [9.17, 15) is 23.1 Å². The summed E-state index contributed by atoms with van der Waals surface area (Å²) in [6, 6.07) is 5.73. The second-order valence-electron chi connectivity index (χ2n) is 5.49. The molecule has 9 heteroatoms. The molecule has 1 aromatic rings. The molecule has 0 aliphatic carbocycles. The molecule has 0 heterocycles. The number of benzene rings is 1. The first kappa shape index (κ1) is 18.6. The first-order valence-electron chi connectivity index (χ1n) is 6.20. The highest BCUT2D eigenvalue weighted by molar-refractivity contribution is 9.10. The van der Waals surface area contributed by atoms with Gasteiger partial charge in [-0.2, -0.15) is 13.2 Å². The van der Waals surface area contributed by atoms with Crippen molar-refractivity contribution in [3.8, 4) is 0 Å². The largest absolute Gasteiger partial charge is 0.574 e. The van der Waals surface area contributed by atoms with Crippen LogP contribution in [0.15, 0.2) is 33.6 Å². The van der Waals surface area contributed by atoms with Crippen LogP contribution in [0, 0.1) is 0 Å². The Hall–Kier alpha value is -1.45. The van der Waals surface area contributed by atoms with Crippen LogP contribution in [-0.4, -0.2) is 35.2 Å². The van der Waals surface area contributed by atoms with Crippen LogP contribution in [0.2, 0.25) is 0 Å². The molecule has 0 saturated carbocycles. The number of carboxylic acid groups (broad SMARTS) is 1. The van der Waals surface area contributed by atoms with Crippen LogP contribution in [-0.2, 0) is 19.7 Å². The summed E-state index contributed by atoms with van der Waals surface area (Å²) in [5, 5.41) is 9.60. The van der Waals surface area contributed by atoms with Gasteiger partial charge in [0.1, 0.15) is 4.90 Å². The van der Waals surface area contributed by atoms with Gasteiger partial charge >= 0.3 is 22.1 Å². The lowest BCUT2D eigenvalue weighted by atomic mass is 10.1. The standard InChI is InChI=1S/C13H16BrNO6S/c1-9(16)21-15(12(17)18,13(2,3)4)22(19,20)11-8-6-5-7-10(11)14/h5-8H,1-4H3/p+1. The van der Waals surface area contributed by atoms with Gasteiger partial charge in [0.25, 0.3) is 0 Å². The fourth-order valence-corrected chi connectivity index (χ4v) is 4.82. The average Bonchev–Trinajstić information content (AvgIpc) is 2.33. The van der Waals surface area contributed by atoms with Crippen LogP contribution in [0.1, 0.15) is 27.7 Å². The third-order valence-electron chi connectivity index (χ3n) is 2.85. The second kappa shape index (κ2) is 5.98. The molecule has 0 aliphatic heterocycles. The Kier molecular flexibility index (Phi) is 5.05. The Balaban J connectivity index is 3.82. The van der Waals surface area contributed by atoms with Gasteiger partial charge in [-0.1, -0.05) is 12.1 Å². The first-order chi connectivity index (χ1) is 9.88. The predicted molar refractivity (Wildman–Crippen MR) is 81.1 cm³/mol. The lowest BCUT2D eigenvalue weighted by Gasteiger charge is -2.37. The van der Waals surface area contributed by atoms with Crippen molar-refractivity contribution < 1.29 is 32.0 Å². The summed E-state index contributed by atoms with van der Waals surface area (Å²) in [4.78, 5) is 27.8. The number of amides is 1. The van der Waals surface area contributed by atoms with Crippen molar-refractivity contribution >= 4 is 38.0 Å². The van der Waals surface area contributed by atoms with Crippen molar-refractivity contribution in [3.05, 3.63) is 28.7 Å². The van der Waals surface area contributed by atoms with E-state index in [0.29, 0.717) is 0 Å². The van der Waals surface area contributed by atoms with E-state index < -0.39 is 31.7 Å². The van der Waals surface area contributed by atoms with Crippen molar-refractivity contribution in [1.29, 1.82) is 0 Å². The van der Waals surface area contributed by atoms with Gasteiger partial charge in [0, 0.05) is 11.4 Å². The quantitative estimate of drug-likeness (QED) is 0.611. The van der Waals surface area contributed by atoms with E-state index in [4.69, 9.17) is 4.84 Å². The smallest absolute Gasteiger partial charge is 0.432 e. The van der Waals surface area contributed by atoms with Crippen LogP contribution in [0.4, 0.5) is 4.79 Å². The van der Waals surface area contributed by atoms with Crippen LogP contribution in [0.3, 0.4) is 0 Å². The summed E-state index contributed by atoms with van der Waals surface area (Å²) in [5.41, 5.74) is -1.47. The third-order valence-corrected chi connectivity index (χ3v) is 6.17. The molecule has 0 spiro atoms. The molecule has 1 amide bonds. The predicted octanol–water partition coefficient (Wildman–Crippen LogP) is 2.91. The van der Waals surface area contributed by atoms with Gasteiger partial charge in [-0.3, -0.25) is 0 Å². The molecular formula is C13H17BrNO6S+. The van der Waals surface area contributed by atoms with Crippen molar-refractivity contribution in [3.63, 3.8) is 0 Å². The number of hydrogen-bond donors (Lipinski definition) is 1. The molecule has 0 aromatic heterocycles. The Morgan fingerprint density at radius 2 is 1.73 bits per heavy atom. The van der Waals surface area contributed by atoms with Crippen LogP contribution < -0.4 is 0 Å². The van der Waals surface area contributed by atoms with Crippen molar-refractivity contribution in [2.24, 2.45) is 0 Å². The molecule has 0 fully saturated rings. The van der Waals surface area contributed by atoms with E-state index in [-0.39, 0.29) is 9.37 Å². The minimum Gasteiger partial charge on any atom is -0.432 e. The maximum Gasteiger partial charge on any atom is 0.574 e. The summed E-state index contributed by atoms with van der Waals surface area (Å²) < 4.78 is 24.3. The summed E-state index contributed by atoms with van der Waals surface area (Å²) in [5.74, 6) is -1.02. The number of carbonyl (C=O) groups excluding carboxylic acids is 1. The average molecular weight is 395 g/mol. The molecule has 1 rings (SSSR count). The monoisotopic (exact) mass is 394 g/mol. The zero-order valence-electron chi connectivity index (χ0n) is 12.5. The van der Waals surface area contributed by atoms with Gasteiger partial charge in [-0.25, -0.2) is 9.63 Å². The molecule has 1 N–H and O–H groups in total. The lowest BCUT2D eigenvalue weighted by Crippen LogP contribution is -2.66. The number of hydrogen-bond acceptors (Lipinski definition) is 5. The fourth-order valence-electron chi connectivity index (χ4n) is 1.95. The fraction of sp³-hybridized carbons (Fsp3) is 0.385. The normalized spacial score (nSPS) is 15.0. The highest BCUT2D eigenvalue weighted by Crippen LogP contribution is 2.38. The number of nitrogens with zero attached hydrogens (tertiary/aromatic N) is 1. The number of sulfonamides is 1. The van der Waals surface area contributed by atoms with E-state index in [1.807, 2.05) is 0 Å². The van der Waals surface area contributed by atoms with Crippen LogP contribution in [0.5, 0.6) is 0 Å². The summed E-state index contributed by atoms with van der Waals surface area (Å²) in [6.07, 6.45) is -1.81. The van der Waals surface area contributed by atoms with E-state index in [0.717, 1.165) is 6.92 Å². The molecule has 7 nitrogen and oxygen atoms in total. The van der Waals surface area contributed by atoms with Crippen molar-refractivity contribution in [2.75, 3.05) is 0 Å². The summed E-state index contributed by atoms with van der Waals surface area (Å²) >= 11 is 3.08. The van der Waals surface area contributed by atoms with Gasteiger partial charge in [-0.15, -0.1) is 0 Å². The third kappa shape index (κ3) is 2.88. The molecule has 0 saturated heterocycles. The van der Waals surface area contributed by atoms with Crippen LogP contribution >= 0.6 is 15.9 Å². The molecule has 0 radical (unpaired) electrons. The number of rotatable bonds is 2. The van der Waals surface area contributed by atoms with Gasteiger partial charge in [0.05, 0.1) is 4.05 Å². The highest BCUT2D eigenvalue weighted by atomic mass is 79.9. The lowest BCUT2D eigenvalue weighted by molar-refractivity contribution is -0.963. The number of quaternary nitrogens is 1. The number of hydroxylamine groups is 2. The maximum atomic E-state index is 13.0. The Labute approximate surface area is 137 Å². The number of carbonyl (C=O) groups is 2. The molecule has 0 bridgehead atoms. The van der Waals surface area contributed by atoms with Crippen LogP contribution in [0.25, 0.3) is 0 Å². The molecule has 22 heavy (non-hydrogen) atoms. The van der Waals surface area contributed by atoms with E-state index in [1.54, 1.807) is 6.07 Å². The van der Waals surface area contributed by atoms with Gasteiger partial charge in [0.2, 0.25) is 0 Å². The van der Waals surface area contributed by atoms with Crippen molar-refractivity contribution in [1.82, 2.24) is 0 Å². The molecule has 1 unspecified atom stereocenters. The van der Waals surface area contributed by atoms with Crippen molar-refractivity contribution in [2.45, 2.75) is 38.1 Å². The number of halogens is 1. The Bertz CT molecular complexity index is 709. The minimum atomic E-state index is -4.60. The minimum absolute atomic E-state index is 0.176. The van der Waals surface area contributed by atoms with E-state index in [2.05, 4.69) is 15.9 Å². The molecular weight excluding hydrogens is 378 g/mol. The Morgan fingerprint density at radius 3 is 2.09 bits per heavy atom. The molecule has 122 valence electrons. The topological polar surface area (TPSA) is 97.7 Å².